The highest BCUT2D eigenvalue weighted by atomic mass is 79.9. The Morgan fingerprint density at radius 1 is 1.24 bits per heavy atom. The van der Waals surface area contributed by atoms with Gasteiger partial charge in [0.15, 0.2) is 4.80 Å². The zero-order valence-electron chi connectivity index (χ0n) is 17.9. The molecule has 170 valence electrons. The number of nitrogens with zero attached hydrogens (tertiary/aromatic N) is 2. The molecule has 6 nitrogen and oxygen atoms in total. The number of hydrogen-bond donors (Lipinski definition) is 0. The average molecular weight is 548 g/mol. The van der Waals surface area contributed by atoms with Crippen LogP contribution >= 0.6 is 38.9 Å². The number of carbonyl (C=O) groups is 1. The molecule has 0 N–H and O–H groups in total. The van der Waals surface area contributed by atoms with E-state index in [-0.39, 0.29) is 18.8 Å². The maximum atomic E-state index is 13.5. The Bertz CT molecular complexity index is 1410. The molecule has 0 saturated carbocycles. The van der Waals surface area contributed by atoms with Crippen LogP contribution in [0.1, 0.15) is 24.1 Å². The van der Waals surface area contributed by atoms with Gasteiger partial charge >= 0.3 is 5.97 Å². The SMILES string of the molecule is COCCOC(=O)C1=C(C)N=c2sc(=Cc3cccc(Br)c3)c(=O)n2C1c1ccc(Cl)cc1. The molecule has 1 unspecified atom stereocenters. The van der Waals surface area contributed by atoms with Crippen molar-refractivity contribution in [2.24, 2.45) is 4.99 Å². The summed E-state index contributed by atoms with van der Waals surface area (Å²) in [7, 11) is 1.53. The smallest absolute Gasteiger partial charge is 0.338 e. The first-order valence-corrected chi connectivity index (χ1v) is 12.1. The quantitative estimate of drug-likeness (QED) is 0.347. The summed E-state index contributed by atoms with van der Waals surface area (Å²) in [4.78, 5) is 31.7. The minimum absolute atomic E-state index is 0.104. The number of halogens is 2. The number of carbonyl (C=O) groups excluding carboxylic acids is 1. The van der Waals surface area contributed by atoms with Crippen LogP contribution in [0.2, 0.25) is 5.02 Å². The van der Waals surface area contributed by atoms with Crippen molar-refractivity contribution in [3.8, 4) is 0 Å². The number of methoxy groups -OCH3 is 1. The first-order valence-electron chi connectivity index (χ1n) is 10.1. The van der Waals surface area contributed by atoms with Gasteiger partial charge in [-0.25, -0.2) is 9.79 Å². The summed E-state index contributed by atoms with van der Waals surface area (Å²) in [6, 6.07) is 14.1. The molecule has 33 heavy (non-hydrogen) atoms. The van der Waals surface area contributed by atoms with Crippen LogP contribution < -0.4 is 14.9 Å². The van der Waals surface area contributed by atoms with E-state index in [0.29, 0.717) is 25.6 Å². The van der Waals surface area contributed by atoms with Crippen molar-refractivity contribution in [2.45, 2.75) is 13.0 Å². The van der Waals surface area contributed by atoms with Gasteiger partial charge in [0, 0.05) is 16.6 Å². The number of rotatable bonds is 6. The molecule has 1 aliphatic rings. The van der Waals surface area contributed by atoms with Crippen molar-refractivity contribution >= 4 is 50.9 Å². The normalized spacial score (nSPS) is 15.9. The Hall–Kier alpha value is -2.52. The van der Waals surface area contributed by atoms with E-state index in [1.165, 1.54) is 18.4 Å². The molecule has 2 aromatic carbocycles. The molecule has 1 aliphatic heterocycles. The van der Waals surface area contributed by atoms with Crippen LogP contribution in [0.15, 0.2) is 74.1 Å². The predicted octanol–water partition coefficient (Wildman–Crippen LogP) is 3.84. The largest absolute Gasteiger partial charge is 0.460 e. The Labute approximate surface area is 207 Å². The van der Waals surface area contributed by atoms with Gasteiger partial charge in [-0.2, -0.15) is 0 Å². The Kier molecular flexibility index (Phi) is 7.29. The van der Waals surface area contributed by atoms with E-state index in [4.69, 9.17) is 21.1 Å². The van der Waals surface area contributed by atoms with Gasteiger partial charge in [-0.3, -0.25) is 9.36 Å². The molecule has 3 aromatic rings. The summed E-state index contributed by atoms with van der Waals surface area (Å²) in [5.74, 6) is -0.533. The number of esters is 1. The number of thiazole rings is 1. The van der Waals surface area contributed by atoms with Crippen LogP contribution in [0.3, 0.4) is 0 Å². The van der Waals surface area contributed by atoms with Crippen molar-refractivity contribution in [1.82, 2.24) is 4.57 Å². The van der Waals surface area contributed by atoms with Gasteiger partial charge in [-0.1, -0.05) is 63.1 Å². The number of ether oxygens (including phenoxy) is 2. The lowest BCUT2D eigenvalue weighted by atomic mass is 9.96. The van der Waals surface area contributed by atoms with Gasteiger partial charge < -0.3 is 9.47 Å². The minimum Gasteiger partial charge on any atom is -0.460 e. The molecule has 9 heteroatoms. The molecule has 4 rings (SSSR count). The lowest BCUT2D eigenvalue weighted by molar-refractivity contribution is -0.140. The monoisotopic (exact) mass is 546 g/mol. The fourth-order valence-corrected chi connectivity index (χ4v) is 5.18. The zero-order chi connectivity index (χ0) is 23.5. The van der Waals surface area contributed by atoms with Gasteiger partial charge in [0.1, 0.15) is 6.61 Å². The first kappa shape index (κ1) is 23.6. The first-order chi connectivity index (χ1) is 15.9. The summed E-state index contributed by atoms with van der Waals surface area (Å²) in [5, 5.41) is 0.561. The molecule has 0 spiro atoms. The third-order valence-corrected chi connectivity index (χ3v) is 6.82. The molecule has 0 bridgehead atoms. The standard InChI is InChI=1S/C24H20BrClN2O4S/c1-14-20(23(30)32-11-10-31-2)21(16-6-8-18(26)9-7-16)28-22(29)19(33-24(28)27-14)13-15-4-3-5-17(25)12-15/h3-9,12-13,21H,10-11H2,1-2H3. The lowest BCUT2D eigenvalue weighted by Crippen LogP contribution is -2.40. The average Bonchev–Trinajstić information content (AvgIpc) is 3.08. The van der Waals surface area contributed by atoms with Gasteiger partial charge in [-0.15, -0.1) is 0 Å². The van der Waals surface area contributed by atoms with Crippen molar-refractivity contribution < 1.29 is 14.3 Å². The van der Waals surface area contributed by atoms with Crippen molar-refractivity contribution in [3.05, 3.63) is 100 Å². The summed E-state index contributed by atoms with van der Waals surface area (Å²) in [5.41, 5.74) is 2.21. The summed E-state index contributed by atoms with van der Waals surface area (Å²) in [6.45, 7) is 2.13. The Morgan fingerprint density at radius 2 is 2.00 bits per heavy atom. The lowest BCUT2D eigenvalue weighted by Gasteiger charge is -2.24. The Morgan fingerprint density at radius 3 is 2.70 bits per heavy atom. The van der Waals surface area contributed by atoms with Gasteiger partial charge in [0.2, 0.25) is 0 Å². The molecule has 1 aromatic heterocycles. The van der Waals surface area contributed by atoms with E-state index < -0.39 is 12.0 Å². The maximum Gasteiger partial charge on any atom is 0.338 e. The van der Waals surface area contributed by atoms with Gasteiger partial charge in [-0.05, 0) is 48.4 Å². The third kappa shape index (κ3) is 5.04. The molecule has 0 fully saturated rings. The summed E-state index contributed by atoms with van der Waals surface area (Å²) >= 11 is 10.8. The van der Waals surface area contributed by atoms with E-state index in [9.17, 15) is 9.59 Å². The highest BCUT2D eigenvalue weighted by Crippen LogP contribution is 2.31. The molecule has 0 aliphatic carbocycles. The van der Waals surface area contributed by atoms with Crippen LogP contribution in [0, 0.1) is 0 Å². The molecular weight excluding hydrogens is 528 g/mol. The zero-order valence-corrected chi connectivity index (χ0v) is 21.0. The molecule has 0 radical (unpaired) electrons. The van der Waals surface area contributed by atoms with Gasteiger partial charge in [0.25, 0.3) is 5.56 Å². The number of benzene rings is 2. The van der Waals surface area contributed by atoms with Crippen molar-refractivity contribution in [1.29, 1.82) is 0 Å². The van der Waals surface area contributed by atoms with Crippen LogP contribution in [-0.4, -0.2) is 30.9 Å². The van der Waals surface area contributed by atoms with Crippen molar-refractivity contribution in [3.63, 3.8) is 0 Å². The maximum absolute atomic E-state index is 13.5. The summed E-state index contributed by atoms with van der Waals surface area (Å²) < 4.78 is 13.4. The number of allylic oxidation sites excluding steroid dienone is 1. The van der Waals surface area contributed by atoms with E-state index in [0.717, 1.165) is 15.6 Å². The number of aromatic nitrogens is 1. The van der Waals surface area contributed by atoms with E-state index in [2.05, 4.69) is 20.9 Å². The fourth-order valence-electron chi connectivity index (χ4n) is 3.59. The van der Waals surface area contributed by atoms with Crippen LogP contribution in [0.25, 0.3) is 6.08 Å². The molecule has 2 heterocycles. The van der Waals surface area contributed by atoms with E-state index >= 15 is 0 Å². The van der Waals surface area contributed by atoms with E-state index in [1.807, 2.05) is 30.3 Å². The second-order valence-corrected chi connectivity index (χ2v) is 9.68. The second-order valence-electron chi connectivity index (χ2n) is 7.32. The fraction of sp³-hybridized carbons (Fsp3) is 0.208. The highest BCUT2D eigenvalue weighted by molar-refractivity contribution is 9.10. The number of fused-ring (bicyclic) bond motifs is 1. The Balaban J connectivity index is 1.89. The highest BCUT2D eigenvalue weighted by Gasteiger charge is 2.33. The minimum atomic E-state index is -0.682. The molecular formula is C24H20BrClN2O4S. The van der Waals surface area contributed by atoms with Crippen LogP contribution in [0.5, 0.6) is 0 Å². The third-order valence-electron chi connectivity index (χ3n) is 5.09. The van der Waals surface area contributed by atoms with Crippen LogP contribution in [-0.2, 0) is 14.3 Å². The molecule has 0 saturated heterocycles. The predicted molar refractivity (Wildman–Crippen MR) is 132 cm³/mol. The second kappa shape index (κ2) is 10.2. The molecule has 1 atom stereocenters. The van der Waals surface area contributed by atoms with Crippen LogP contribution in [0.4, 0.5) is 0 Å². The van der Waals surface area contributed by atoms with E-state index in [1.54, 1.807) is 35.8 Å². The van der Waals surface area contributed by atoms with Gasteiger partial charge in [0.05, 0.1) is 28.5 Å². The van der Waals surface area contributed by atoms with Crippen molar-refractivity contribution in [2.75, 3.05) is 20.3 Å². The molecule has 0 amide bonds. The summed E-state index contributed by atoms with van der Waals surface area (Å²) in [6.07, 6.45) is 1.82. The topological polar surface area (TPSA) is 69.9 Å². The number of hydrogen-bond acceptors (Lipinski definition) is 6.